The van der Waals surface area contributed by atoms with Crippen LogP contribution in [0, 0.1) is 17.2 Å². The summed E-state index contributed by atoms with van der Waals surface area (Å²) in [5.74, 6) is -1.18. The molecule has 11 nitrogen and oxygen atoms in total. The number of fused-ring (bicyclic) bond motifs is 1. The summed E-state index contributed by atoms with van der Waals surface area (Å²) in [5, 5.41) is 16.2. The van der Waals surface area contributed by atoms with E-state index in [1.807, 2.05) is 20.8 Å². The van der Waals surface area contributed by atoms with E-state index in [9.17, 15) is 18.0 Å². The van der Waals surface area contributed by atoms with Crippen molar-refractivity contribution in [3.63, 3.8) is 0 Å². The van der Waals surface area contributed by atoms with Crippen molar-refractivity contribution in [1.29, 1.82) is 5.26 Å². The van der Waals surface area contributed by atoms with Gasteiger partial charge in [-0.3, -0.25) is 14.3 Å². The Morgan fingerprint density at radius 1 is 1.30 bits per heavy atom. The maximum atomic E-state index is 14.0. The van der Waals surface area contributed by atoms with E-state index < -0.39 is 37.5 Å². The van der Waals surface area contributed by atoms with Crippen LogP contribution in [0.25, 0.3) is 0 Å². The molecule has 0 saturated heterocycles. The van der Waals surface area contributed by atoms with E-state index >= 15 is 0 Å². The van der Waals surface area contributed by atoms with E-state index in [0.717, 1.165) is 5.56 Å². The van der Waals surface area contributed by atoms with Crippen molar-refractivity contribution in [2.45, 2.75) is 75.8 Å². The molecule has 1 aromatic heterocycles. The fourth-order valence-corrected chi connectivity index (χ4v) is 7.53. The van der Waals surface area contributed by atoms with Crippen molar-refractivity contribution in [3.8, 4) is 6.07 Å². The smallest absolute Gasteiger partial charge is 0.273 e. The third-order valence-electron chi connectivity index (χ3n) is 7.91. The minimum atomic E-state index is -3.88. The van der Waals surface area contributed by atoms with Gasteiger partial charge in [0.25, 0.3) is 11.8 Å². The van der Waals surface area contributed by atoms with Crippen molar-refractivity contribution in [3.05, 3.63) is 52.3 Å². The standard InChI is InChI=1S/C28H38N6O5S/c1-17(2)24(30)39-16-27(4,5)40(37,38)28(11-12-28)34-15-18(3)21-22(32-33(6)23(21)26(34)36)25(35)31-14-20-9-7-19(13-29)8-10-20/h7-10,17-18,24H,11-12,14-16,30H2,1-6H3,(H,31,35). The zero-order chi connectivity index (χ0) is 29.6. The second-order valence-corrected chi connectivity index (χ2v) is 14.6. The van der Waals surface area contributed by atoms with Crippen molar-refractivity contribution < 1.29 is 22.7 Å². The number of hydrogen-bond acceptors (Lipinski definition) is 8. The van der Waals surface area contributed by atoms with Crippen LogP contribution >= 0.6 is 0 Å². The number of nitriles is 1. The molecule has 2 unspecified atom stereocenters. The van der Waals surface area contributed by atoms with Gasteiger partial charge < -0.3 is 20.7 Å². The quantitative estimate of drug-likeness (QED) is 0.412. The van der Waals surface area contributed by atoms with Gasteiger partial charge in [-0.15, -0.1) is 0 Å². The second kappa shape index (κ2) is 10.6. The Morgan fingerprint density at radius 2 is 1.93 bits per heavy atom. The number of hydrogen-bond donors (Lipinski definition) is 2. The highest BCUT2D eigenvalue weighted by molar-refractivity contribution is 7.94. The third-order valence-corrected chi connectivity index (χ3v) is 11.1. The predicted molar refractivity (Wildman–Crippen MR) is 149 cm³/mol. The first-order valence-electron chi connectivity index (χ1n) is 13.4. The lowest BCUT2D eigenvalue weighted by atomic mass is 9.92. The first kappa shape index (κ1) is 29.7. The van der Waals surface area contributed by atoms with E-state index in [1.165, 1.54) is 9.58 Å². The molecule has 0 spiro atoms. The van der Waals surface area contributed by atoms with E-state index in [4.69, 9.17) is 15.7 Å². The van der Waals surface area contributed by atoms with Crippen molar-refractivity contribution in [1.82, 2.24) is 20.0 Å². The summed E-state index contributed by atoms with van der Waals surface area (Å²) in [6, 6.07) is 8.92. The SMILES string of the molecule is CC1CN(C2(S(=O)(=O)C(C)(C)COC(N)C(C)C)CC2)C(=O)c2c1c(C(=O)NCc1ccc(C#N)cc1)nn2C. The first-order valence-corrected chi connectivity index (χ1v) is 14.9. The molecule has 1 saturated carbocycles. The van der Waals surface area contributed by atoms with Gasteiger partial charge >= 0.3 is 0 Å². The van der Waals surface area contributed by atoms with Crippen LogP contribution in [0.15, 0.2) is 24.3 Å². The average molecular weight is 571 g/mol. The summed E-state index contributed by atoms with van der Waals surface area (Å²) in [5.41, 5.74) is 8.22. The number of nitrogens with two attached hydrogens (primary N) is 1. The number of aryl methyl sites for hydroxylation is 1. The molecule has 12 heteroatoms. The number of nitrogens with zero attached hydrogens (tertiary/aromatic N) is 4. The summed E-state index contributed by atoms with van der Waals surface area (Å²) in [6.45, 7) is 9.17. The minimum Gasteiger partial charge on any atom is -0.362 e. The van der Waals surface area contributed by atoms with Crippen LogP contribution in [-0.4, -0.2) is 63.9 Å². The lowest BCUT2D eigenvalue weighted by Gasteiger charge is -2.41. The monoisotopic (exact) mass is 570 g/mol. The molecular formula is C28H38N6O5S. The molecule has 4 rings (SSSR count). The lowest BCUT2D eigenvalue weighted by Crippen LogP contribution is -2.57. The van der Waals surface area contributed by atoms with Crippen molar-refractivity contribution >= 4 is 21.7 Å². The molecule has 0 bridgehead atoms. The zero-order valence-corrected chi connectivity index (χ0v) is 24.7. The van der Waals surface area contributed by atoms with E-state index in [-0.39, 0.29) is 42.9 Å². The normalized spacial score (nSPS) is 19.2. The third kappa shape index (κ3) is 5.02. The highest BCUT2D eigenvalue weighted by atomic mass is 32.2. The number of nitrogens with one attached hydrogen (secondary N) is 1. The number of rotatable bonds is 10. The molecular weight excluding hydrogens is 532 g/mol. The maximum absolute atomic E-state index is 14.0. The predicted octanol–water partition coefficient (Wildman–Crippen LogP) is 2.42. The molecule has 1 aliphatic carbocycles. The van der Waals surface area contributed by atoms with Crippen LogP contribution < -0.4 is 11.1 Å². The molecule has 0 radical (unpaired) electrons. The molecule has 3 N–H and O–H groups in total. The summed E-state index contributed by atoms with van der Waals surface area (Å²) < 4.78 is 33.8. The number of benzene rings is 1. The fraction of sp³-hybridized carbons (Fsp3) is 0.571. The molecule has 2 atom stereocenters. The Balaban J connectivity index is 1.57. The van der Waals surface area contributed by atoms with Gasteiger partial charge in [0.15, 0.2) is 15.5 Å². The molecule has 1 fully saturated rings. The van der Waals surface area contributed by atoms with E-state index in [0.29, 0.717) is 24.0 Å². The number of amides is 2. The topological polar surface area (TPSA) is 160 Å². The molecule has 2 aliphatic rings. The molecule has 216 valence electrons. The van der Waals surface area contributed by atoms with E-state index in [2.05, 4.69) is 16.5 Å². The molecule has 2 heterocycles. The first-order chi connectivity index (χ1) is 18.7. The molecule has 1 aliphatic heterocycles. The maximum Gasteiger partial charge on any atom is 0.273 e. The highest BCUT2D eigenvalue weighted by Crippen LogP contribution is 2.53. The Hall–Kier alpha value is -3.27. The molecule has 2 amide bonds. The van der Waals surface area contributed by atoms with Crippen LogP contribution in [0.3, 0.4) is 0 Å². The van der Waals surface area contributed by atoms with E-state index in [1.54, 1.807) is 45.2 Å². The van der Waals surface area contributed by atoms with Crippen LogP contribution in [0.2, 0.25) is 0 Å². The fourth-order valence-electron chi connectivity index (χ4n) is 5.19. The number of aromatic nitrogens is 2. The van der Waals surface area contributed by atoms with Gasteiger partial charge in [0.1, 0.15) is 16.8 Å². The molecule has 1 aromatic carbocycles. The second-order valence-electron chi connectivity index (χ2n) is 11.8. The Labute approximate surface area is 235 Å². The Bertz CT molecular complexity index is 1450. The summed E-state index contributed by atoms with van der Waals surface area (Å²) in [6.07, 6.45) is 0.0664. The largest absolute Gasteiger partial charge is 0.362 e. The van der Waals surface area contributed by atoms with Gasteiger partial charge in [-0.1, -0.05) is 32.9 Å². The number of ether oxygens (including phenoxy) is 1. The number of sulfone groups is 1. The summed E-state index contributed by atoms with van der Waals surface area (Å²) in [4.78, 5) is 27.1. The number of carbonyl (C=O) groups is 2. The van der Waals surface area contributed by atoms with Gasteiger partial charge in [0, 0.05) is 31.6 Å². The van der Waals surface area contributed by atoms with Gasteiger partial charge in [0.2, 0.25) is 0 Å². The minimum absolute atomic E-state index is 0.0247. The molecule has 2 aromatic rings. The lowest BCUT2D eigenvalue weighted by molar-refractivity contribution is 0.0161. The van der Waals surface area contributed by atoms with Crippen LogP contribution in [0.4, 0.5) is 0 Å². The highest BCUT2D eigenvalue weighted by Gasteiger charge is 2.66. The number of carbonyl (C=O) groups excluding carboxylic acids is 2. The van der Waals surface area contributed by atoms with Gasteiger partial charge in [-0.25, -0.2) is 8.42 Å². The van der Waals surface area contributed by atoms with Crippen molar-refractivity contribution in [2.75, 3.05) is 13.2 Å². The van der Waals surface area contributed by atoms with Crippen LogP contribution in [-0.2, 0) is 28.2 Å². The van der Waals surface area contributed by atoms with Crippen molar-refractivity contribution in [2.24, 2.45) is 18.7 Å². The summed E-state index contributed by atoms with van der Waals surface area (Å²) >= 11 is 0. The average Bonchev–Trinajstić information content (AvgIpc) is 3.65. The molecule has 40 heavy (non-hydrogen) atoms. The summed E-state index contributed by atoms with van der Waals surface area (Å²) in [7, 11) is -2.29. The van der Waals surface area contributed by atoms with Gasteiger partial charge in [-0.05, 0) is 50.3 Å². The van der Waals surface area contributed by atoms with Gasteiger partial charge in [0.05, 0.1) is 23.0 Å². The van der Waals surface area contributed by atoms with Crippen LogP contribution in [0.5, 0.6) is 0 Å². The zero-order valence-electron chi connectivity index (χ0n) is 23.9. The van der Waals surface area contributed by atoms with Gasteiger partial charge in [-0.2, -0.15) is 10.4 Å². The van der Waals surface area contributed by atoms with Crippen LogP contribution in [0.1, 0.15) is 91.0 Å². The Kier molecular flexibility index (Phi) is 7.88. The Morgan fingerprint density at radius 3 is 2.48 bits per heavy atom.